The highest BCUT2D eigenvalue weighted by Gasteiger charge is 2.31. The zero-order valence-electron chi connectivity index (χ0n) is 15.1. The fraction of sp³-hybridized carbons (Fsp3) is 0.455. The SMILES string of the molecule is CCC(C)C(C)(CC)c1ccc(C(C)(Cl)c2ccccc2)cc1. The van der Waals surface area contributed by atoms with E-state index in [1.54, 1.807) is 0 Å². The van der Waals surface area contributed by atoms with E-state index < -0.39 is 4.87 Å². The van der Waals surface area contributed by atoms with Crippen molar-refractivity contribution in [2.24, 2.45) is 5.92 Å². The van der Waals surface area contributed by atoms with Crippen molar-refractivity contribution < 1.29 is 0 Å². The van der Waals surface area contributed by atoms with E-state index >= 15 is 0 Å². The van der Waals surface area contributed by atoms with Gasteiger partial charge in [-0.1, -0.05) is 88.7 Å². The molecule has 0 saturated heterocycles. The van der Waals surface area contributed by atoms with Gasteiger partial charge in [-0.2, -0.15) is 0 Å². The third-order valence-corrected chi connectivity index (χ3v) is 6.27. The van der Waals surface area contributed by atoms with Gasteiger partial charge in [-0.15, -0.1) is 11.6 Å². The van der Waals surface area contributed by atoms with Crippen LogP contribution in [0.2, 0.25) is 0 Å². The maximum absolute atomic E-state index is 6.88. The molecule has 124 valence electrons. The fourth-order valence-electron chi connectivity index (χ4n) is 3.37. The Morgan fingerprint density at radius 1 is 0.826 bits per heavy atom. The van der Waals surface area contributed by atoms with E-state index in [-0.39, 0.29) is 5.41 Å². The summed E-state index contributed by atoms with van der Waals surface area (Å²) in [4.78, 5) is -0.487. The molecule has 0 heterocycles. The molecule has 0 bridgehead atoms. The highest BCUT2D eigenvalue weighted by molar-refractivity contribution is 6.25. The lowest BCUT2D eigenvalue weighted by atomic mass is 9.69. The number of halogens is 1. The summed E-state index contributed by atoms with van der Waals surface area (Å²) in [7, 11) is 0. The lowest BCUT2D eigenvalue weighted by molar-refractivity contribution is 0.295. The predicted molar refractivity (Wildman–Crippen MR) is 102 cm³/mol. The van der Waals surface area contributed by atoms with Crippen molar-refractivity contribution >= 4 is 11.6 Å². The zero-order chi connectivity index (χ0) is 17.1. The molecule has 2 aromatic carbocycles. The average molecular weight is 329 g/mol. The molecule has 0 aliphatic rings. The molecule has 3 atom stereocenters. The van der Waals surface area contributed by atoms with Crippen LogP contribution in [0.4, 0.5) is 0 Å². The van der Waals surface area contributed by atoms with Gasteiger partial charge < -0.3 is 0 Å². The molecular formula is C22H29Cl. The zero-order valence-corrected chi connectivity index (χ0v) is 15.8. The molecule has 1 heteroatoms. The minimum absolute atomic E-state index is 0.225. The van der Waals surface area contributed by atoms with Gasteiger partial charge in [0.05, 0.1) is 4.87 Å². The van der Waals surface area contributed by atoms with Gasteiger partial charge in [0.25, 0.3) is 0 Å². The molecule has 0 aliphatic carbocycles. The van der Waals surface area contributed by atoms with Crippen LogP contribution in [0, 0.1) is 5.92 Å². The lowest BCUT2D eigenvalue weighted by Crippen LogP contribution is -2.29. The molecule has 0 fully saturated rings. The van der Waals surface area contributed by atoms with Crippen LogP contribution < -0.4 is 0 Å². The van der Waals surface area contributed by atoms with Crippen molar-refractivity contribution in [3.63, 3.8) is 0 Å². The topological polar surface area (TPSA) is 0 Å². The molecule has 0 radical (unpaired) electrons. The van der Waals surface area contributed by atoms with Gasteiger partial charge in [0.1, 0.15) is 0 Å². The third kappa shape index (κ3) is 3.48. The van der Waals surface area contributed by atoms with Crippen LogP contribution in [0.5, 0.6) is 0 Å². The van der Waals surface area contributed by atoms with Crippen LogP contribution in [0.15, 0.2) is 54.6 Å². The number of rotatable bonds is 6. The second-order valence-electron chi connectivity index (χ2n) is 7.03. The molecule has 23 heavy (non-hydrogen) atoms. The smallest absolute Gasteiger partial charge is 0.0916 e. The standard InChI is InChI=1S/C22H29Cl/c1-6-17(3)21(4,7-2)18-13-15-20(16-14-18)22(5,23)19-11-9-8-10-12-19/h8-17H,6-7H2,1-5H3. The van der Waals surface area contributed by atoms with Crippen LogP contribution in [-0.2, 0) is 10.3 Å². The average Bonchev–Trinajstić information content (AvgIpc) is 2.61. The van der Waals surface area contributed by atoms with E-state index in [0.717, 1.165) is 17.5 Å². The number of alkyl halides is 1. The van der Waals surface area contributed by atoms with Crippen LogP contribution in [0.3, 0.4) is 0 Å². The van der Waals surface area contributed by atoms with Crippen molar-refractivity contribution in [1.82, 2.24) is 0 Å². The van der Waals surface area contributed by atoms with E-state index in [1.807, 2.05) is 18.2 Å². The quantitative estimate of drug-likeness (QED) is 0.506. The van der Waals surface area contributed by atoms with Crippen molar-refractivity contribution in [1.29, 1.82) is 0 Å². The summed E-state index contributed by atoms with van der Waals surface area (Å²) in [5, 5.41) is 0. The van der Waals surface area contributed by atoms with Gasteiger partial charge in [0.2, 0.25) is 0 Å². The summed E-state index contributed by atoms with van der Waals surface area (Å²) in [5.74, 6) is 0.662. The molecule has 0 saturated carbocycles. The van der Waals surface area contributed by atoms with E-state index in [2.05, 4.69) is 71.0 Å². The molecule has 0 spiro atoms. The van der Waals surface area contributed by atoms with Crippen molar-refractivity contribution in [3.8, 4) is 0 Å². The van der Waals surface area contributed by atoms with Gasteiger partial charge in [0.15, 0.2) is 0 Å². The summed E-state index contributed by atoms with van der Waals surface area (Å²) in [5.41, 5.74) is 3.92. The molecule has 3 unspecified atom stereocenters. The first-order chi connectivity index (χ1) is 10.9. The van der Waals surface area contributed by atoms with Crippen LogP contribution in [-0.4, -0.2) is 0 Å². The molecule has 0 amide bonds. The number of benzene rings is 2. The highest BCUT2D eigenvalue weighted by atomic mass is 35.5. The Hall–Kier alpha value is -1.27. The second-order valence-corrected chi connectivity index (χ2v) is 7.78. The van der Waals surface area contributed by atoms with Gasteiger partial charge in [-0.25, -0.2) is 0 Å². The molecule has 2 rings (SSSR count). The van der Waals surface area contributed by atoms with Crippen molar-refractivity contribution in [2.75, 3.05) is 0 Å². The van der Waals surface area contributed by atoms with Crippen LogP contribution in [0.25, 0.3) is 0 Å². The first-order valence-electron chi connectivity index (χ1n) is 8.71. The van der Waals surface area contributed by atoms with E-state index in [9.17, 15) is 0 Å². The summed E-state index contributed by atoms with van der Waals surface area (Å²) in [6, 6.07) is 19.2. The Morgan fingerprint density at radius 2 is 1.30 bits per heavy atom. The van der Waals surface area contributed by atoms with Crippen LogP contribution >= 0.6 is 11.6 Å². The number of hydrogen-bond acceptors (Lipinski definition) is 0. The largest absolute Gasteiger partial charge is 0.109 e. The summed E-state index contributed by atoms with van der Waals surface area (Å²) in [6.07, 6.45) is 2.35. The minimum atomic E-state index is -0.487. The Bertz CT molecular complexity index is 612. The molecule has 2 aromatic rings. The van der Waals surface area contributed by atoms with Crippen molar-refractivity contribution in [3.05, 3.63) is 71.3 Å². The summed E-state index contributed by atoms with van der Waals surface area (Å²) < 4.78 is 0. The molecular weight excluding hydrogens is 300 g/mol. The van der Waals surface area contributed by atoms with Gasteiger partial charge in [-0.05, 0) is 41.4 Å². The highest BCUT2D eigenvalue weighted by Crippen LogP contribution is 2.40. The Balaban J connectivity index is 2.36. The molecule has 0 nitrogen and oxygen atoms in total. The maximum Gasteiger partial charge on any atom is 0.0916 e. The number of hydrogen-bond donors (Lipinski definition) is 0. The summed E-state index contributed by atoms with van der Waals surface area (Å²) >= 11 is 6.88. The Kier molecular flexibility index (Phi) is 5.57. The van der Waals surface area contributed by atoms with Crippen LogP contribution in [0.1, 0.15) is 64.2 Å². The fourth-order valence-corrected chi connectivity index (χ4v) is 3.62. The monoisotopic (exact) mass is 328 g/mol. The van der Waals surface area contributed by atoms with E-state index in [4.69, 9.17) is 11.6 Å². The Labute approximate surface area is 146 Å². The van der Waals surface area contributed by atoms with E-state index in [0.29, 0.717) is 5.92 Å². The first-order valence-corrected chi connectivity index (χ1v) is 9.09. The lowest BCUT2D eigenvalue weighted by Gasteiger charge is -2.35. The maximum atomic E-state index is 6.88. The molecule has 0 N–H and O–H groups in total. The third-order valence-electron chi connectivity index (χ3n) is 5.84. The van der Waals surface area contributed by atoms with Gasteiger partial charge in [-0.3, -0.25) is 0 Å². The van der Waals surface area contributed by atoms with E-state index in [1.165, 1.54) is 12.0 Å². The van der Waals surface area contributed by atoms with Crippen molar-refractivity contribution in [2.45, 2.75) is 57.7 Å². The first kappa shape index (κ1) is 18.1. The minimum Gasteiger partial charge on any atom is -0.109 e. The predicted octanol–water partition coefficient (Wildman–Crippen LogP) is 6.90. The normalized spacial score (nSPS) is 18.0. The summed E-state index contributed by atoms with van der Waals surface area (Å²) in [6.45, 7) is 11.4. The van der Waals surface area contributed by atoms with Gasteiger partial charge in [0, 0.05) is 0 Å². The molecule has 0 aliphatic heterocycles. The second kappa shape index (κ2) is 7.09. The Morgan fingerprint density at radius 3 is 1.78 bits per heavy atom. The van der Waals surface area contributed by atoms with Gasteiger partial charge >= 0.3 is 0 Å². The molecule has 0 aromatic heterocycles.